The summed E-state index contributed by atoms with van der Waals surface area (Å²) in [6.45, 7) is 0.220. The molecule has 5 rings (SSSR count). The van der Waals surface area contributed by atoms with Gasteiger partial charge < -0.3 is 4.57 Å². The van der Waals surface area contributed by atoms with Gasteiger partial charge in [0.1, 0.15) is 17.0 Å². The first-order valence-corrected chi connectivity index (χ1v) is 9.88. The molecule has 0 unspecified atom stereocenters. The molecule has 0 radical (unpaired) electrons. The Morgan fingerprint density at radius 3 is 2.30 bits per heavy atom. The normalized spacial score (nSPS) is 11.7. The van der Waals surface area contributed by atoms with Crippen molar-refractivity contribution in [2.24, 2.45) is 0 Å². The standard InChI is InChI=1S/C23H15F3N6O/c24-23(25,26)16-6-4-15(5-7-16)21-22-18(3-1-9-29-22)32(30-21)17-8-12-31(20(33)13-17)14-19-27-10-2-11-28-19/h1-13H,14H2. The molecule has 0 saturated carbocycles. The number of hydrogen-bond acceptors (Lipinski definition) is 5. The Balaban J connectivity index is 1.56. The molecule has 7 nitrogen and oxygen atoms in total. The molecule has 0 N–H and O–H groups in total. The third-order valence-electron chi connectivity index (χ3n) is 5.08. The van der Waals surface area contributed by atoms with E-state index in [1.54, 1.807) is 53.7 Å². The van der Waals surface area contributed by atoms with Crippen molar-refractivity contribution in [1.29, 1.82) is 0 Å². The molecular weight excluding hydrogens is 433 g/mol. The van der Waals surface area contributed by atoms with E-state index in [1.165, 1.54) is 22.8 Å². The van der Waals surface area contributed by atoms with Gasteiger partial charge in [0.25, 0.3) is 5.56 Å². The van der Waals surface area contributed by atoms with Crippen LogP contribution in [0, 0.1) is 0 Å². The molecule has 4 heterocycles. The molecular formula is C23H15F3N6O. The first kappa shape index (κ1) is 20.6. The molecule has 5 aromatic rings. The van der Waals surface area contributed by atoms with Gasteiger partial charge in [-0.15, -0.1) is 0 Å². The van der Waals surface area contributed by atoms with Crippen LogP contribution in [0.15, 0.2) is 84.2 Å². The summed E-state index contributed by atoms with van der Waals surface area (Å²) in [5, 5.41) is 4.58. The van der Waals surface area contributed by atoms with E-state index in [0.29, 0.717) is 33.8 Å². The number of aromatic nitrogens is 6. The molecule has 33 heavy (non-hydrogen) atoms. The number of hydrogen-bond donors (Lipinski definition) is 0. The van der Waals surface area contributed by atoms with Crippen LogP contribution in [-0.4, -0.2) is 29.3 Å². The predicted octanol–water partition coefficient (Wildman–Crippen LogP) is 4.11. The molecule has 10 heteroatoms. The van der Waals surface area contributed by atoms with E-state index in [9.17, 15) is 18.0 Å². The second-order valence-electron chi connectivity index (χ2n) is 7.22. The second-order valence-corrected chi connectivity index (χ2v) is 7.22. The van der Waals surface area contributed by atoms with Crippen molar-refractivity contribution in [2.45, 2.75) is 12.7 Å². The fourth-order valence-electron chi connectivity index (χ4n) is 3.48. The summed E-state index contributed by atoms with van der Waals surface area (Å²) < 4.78 is 41.8. The van der Waals surface area contributed by atoms with Crippen LogP contribution in [0.25, 0.3) is 28.0 Å². The minimum Gasteiger partial charge on any atom is -0.308 e. The molecule has 0 aliphatic carbocycles. The highest BCUT2D eigenvalue weighted by Crippen LogP contribution is 2.32. The monoisotopic (exact) mass is 448 g/mol. The van der Waals surface area contributed by atoms with E-state index in [1.807, 2.05) is 0 Å². The zero-order valence-electron chi connectivity index (χ0n) is 16.9. The van der Waals surface area contributed by atoms with Crippen molar-refractivity contribution < 1.29 is 13.2 Å². The Morgan fingerprint density at radius 1 is 0.879 bits per heavy atom. The van der Waals surface area contributed by atoms with Gasteiger partial charge in [-0.25, -0.2) is 14.6 Å². The zero-order valence-corrected chi connectivity index (χ0v) is 16.9. The van der Waals surface area contributed by atoms with Crippen LogP contribution < -0.4 is 5.56 Å². The molecule has 0 aliphatic heterocycles. The highest BCUT2D eigenvalue weighted by molar-refractivity contribution is 5.90. The third kappa shape index (κ3) is 3.98. The SMILES string of the molecule is O=c1cc(-n2nc(-c3ccc(C(F)(F)F)cc3)c3ncccc32)ccn1Cc1ncccn1. The van der Waals surface area contributed by atoms with Gasteiger partial charge in [-0.05, 0) is 36.4 Å². The number of pyridine rings is 2. The molecule has 0 spiro atoms. The Hall–Kier alpha value is -4.34. The molecule has 0 amide bonds. The Kier molecular flexibility index (Phi) is 4.97. The van der Waals surface area contributed by atoms with E-state index in [2.05, 4.69) is 20.1 Å². The number of halogens is 3. The van der Waals surface area contributed by atoms with E-state index in [0.717, 1.165) is 12.1 Å². The van der Waals surface area contributed by atoms with E-state index in [4.69, 9.17) is 0 Å². The van der Waals surface area contributed by atoms with Crippen LogP contribution in [0.5, 0.6) is 0 Å². The van der Waals surface area contributed by atoms with Crippen LogP contribution in [0.1, 0.15) is 11.4 Å². The maximum atomic E-state index is 12.9. The number of rotatable bonds is 4. The topological polar surface area (TPSA) is 78.5 Å². The van der Waals surface area contributed by atoms with Crippen molar-refractivity contribution in [3.63, 3.8) is 0 Å². The largest absolute Gasteiger partial charge is 0.416 e. The first-order chi connectivity index (χ1) is 15.9. The summed E-state index contributed by atoms with van der Waals surface area (Å²) in [4.78, 5) is 25.3. The Labute approximate surface area is 184 Å². The lowest BCUT2D eigenvalue weighted by Gasteiger charge is -2.07. The van der Waals surface area contributed by atoms with E-state index >= 15 is 0 Å². The molecule has 0 fully saturated rings. The molecule has 0 saturated heterocycles. The maximum absolute atomic E-state index is 12.9. The van der Waals surface area contributed by atoms with Gasteiger partial charge in [-0.2, -0.15) is 18.3 Å². The second kappa shape index (κ2) is 7.97. The van der Waals surface area contributed by atoms with Crippen LogP contribution in [0.4, 0.5) is 13.2 Å². The quantitative estimate of drug-likeness (QED) is 0.414. The Bertz CT molecular complexity index is 1490. The number of alkyl halides is 3. The van der Waals surface area contributed by atoms with Gasteiger partial charge in [0.15, 0.2) is 0 Å². The van der Waals surface area contributed by atoms with Crippen molar-refractivity contribution in [3.8, 4) is 16.9 Å². The van der Waals surface area contributed by atoms with Crippen LogP contribution >= 0.6 is 0 Å². The number of benzene rings is 1. The summed E-state index contributed by atoms with van der Waals surface area (Å²) >= 11 is 0. The number of fused-ring (bicyclic) bond motifs is 1. The smallest absolute Gasteiger partial charge is 0.308 e. The van der Waals surface area contributed by atoms with Crippen LogP contribution in [-0.2, 0) is 12.7 Å². The van der Waals surface area contributed by atoms with Gasteiger partial charge in [0.2, 0.25) is 0 Å². The van der Waals surface area contributed by atoms with Crippen molar-refractivity contribution in [2.75, 3.05) is 0 Å². The highest BCUT2D eigenvalue weighted by Gasteiger charge is 2.30. The van der Waals surface area contributed by atoms with E-state index < -0.39 is 11.7 Å². The summed E-state index contributed by atoms with van der Waals surface area (Å²) in [5.74, 6) is 0.505. The first-order valence-electron chi connectivity index (χ1n) is 9.88. The van der Waals surface area contributed by atoms with Crippen molar-refractivity contribution in [1.82, 2.24) is 29.3 Å². The van der Waals surface area contributed by atoms with Gasteiger partial charge in [-0.1, -0.05) is 12.1 Å². The average Bonchev–Trinajstić information content (AvgIpc) is 3.20. The lowest BCUT2D eigenvalue weighted by Crippen LogP contribution is -2.21. The fraction of sp³-hybridized carbons (Fsp3) is 0.0870. The van der Waals surface area contributed by atoms with Gasteiger partial charge in [-0.3, -0.25) is 9.78 Å². The predicted molar refractivity (Wildman–Crippen MR) is 115 cm³/mol. The minimum atomic E-state index is -4.42. The Morgan fingerprint density at radius 2 is 1.61 bits per heavy atom. The molecule has 1 aromatic carbocycles. The van der Waals surface area contributed by atoms with Crippen LogP contribution in [0.3, 0.4) is 0 Å². The lowest BCUT2D eigenvalue weighted by atomic mass is 10.1. The molecule has 0 atom stereocenters. The molecule has 0 aliphatic rings. The van der Waals surface area contributed by atoms with Gasteiger partial charge >= 0.3 is 6.18 Å². The summed E-state index contributed by atoms with van der Waals surface area (Å²) in [6, 6.07) is 13.1. The summed E-state index contributed by atoms with van der Waals surface area (Å²) in [7, 11) is 0. The molecule has 164 valence electrons. The average molecular weight is 448 g/mol. The minimum absolute atomic E-state index is 0.220. The highest BCUT2D eigenvalue weighted by atomic mass is 19.4. The summed E-state index contributed by atoms with van der Waals surface area (Å²) in [5.41, 5.74) is 1.52. The van der Waals surface area contributed by atoms with Gasteiger partial charge in [0.05, 0.1) is 23.3 Å². The summed E-state index contributed by atoms with van der Waals surface area (Å²) in [6.07, 6.45) is 1.99. The number of nitrogens with zero attached hydrogens (tertiary/aromatic N) is 6. The third-order valence-corrected chi connectivity index (χ3v) is 5.08. The lowest BCUT2D eigenvalue weighted by molar-refractivity contribution is -0.137. The zero-order chi connectivity index (χ0) is 23.0. The molecule has 4 aromatic heterocycles. The molecule has 0 bridgehead atoms. The van der Waals surface area contributed by atoms with Crippen molar-refractivity contribution >= 4 is 11.0 Å². The fourth-order valence-corrected chi connectivity index (χ4v) is 3.48. The van der Waals surface area contributed by atoms with Gasteiger partial charge in [0, 0.05) is 36.4 Å². The van der Waals surface area contributed by atoms with Crippen LogP contribution in [0.2, 0.25) is 0 Å². The van der Waals surface area contributed by atoms with E-state index in [-0.39, 0.29) is 12.1 Å². The van der Waals surface area contributed by atoms with Crippen molar-refractivity contribution in [3.05, 3.63) is 101 Å². The maximum Gasteiger partial charge on any atom is 0.416 e.